The molecule has 2 fully saturated rings. The number of ether oxygens (including phenoxy) is 2. The van der Waals surface area contributed by atoms with Gasteiger partial charge in [-0.15, -0.1) is 0 Å². The molecule has 1 amide bonds. The zero-order chi connectivity index (χ0) is 72.1. The van der Waals surface area contributed by atoms with Gasteiger partial charge in [-0.05, 0) is 164 Å². The molecule has 23 heteroatoms. The number of likely N-dealkylation sites (tertiary alicyclic amines) is 1. The highest BCUT2D eigenvalue weighted by atomic mass is 16.7. The van der Waals surface area contributed by atoms with Crippen LogP contribution in [0.25, 0.3) is 0 Å². The van der Waals surface area contributed by atoms with E-state index in [0.717, 1.165) is 0 Å². The topological polar surface area (TPSA) is 423 Å². The molecule has 26 atom stereocenters. The van der Waals surface area contributed by atoms with Crippen molar-refractivity contribution in [3.63, 3.8) is 0 Å². The van der Waals surface area contributed by atoms with Crippen LogP contribution >= 0.6 is 0 Å². The number of hydrogen-bond donors (Lipinski definition) is 17. The van der Waals surface area contributed by atoms with Gasteiger partial charge >= 0.3 is 0 Å². The van der Waals surface area contributed by atoms with Crippen molar-refractivity contribution in [2.75, 3.05) is 7.05 Å². The van der Waals surface area contributed by atoms with Gasteiger partial charge in [-0.3, -0.25) is 14.4 Å². The molecule has 23 nitrogen and oxygen atoms in total. The minimum atomic E-state index is -1.61. The molecule has 2 rings (SSSR count). The summed E-state index contributed by atoms with van der Waals surface area (Å²) in [4.78, 5) is 40.5. The molecule has 2 aliphatic rings. The van der Waals surface area contributed by atoms with Crippen molar-refractivity contribution in [1.82, 2.24) is 4.90 Å². The van der Waals surface area contributed by atoms with Gasteiger partial charge in [0.05, 0.1) is 109 Å². The number of allylic oxidation sites excluding steroid dienone is 5. The van der Waals surface area contributed by atoms with E-state index in [2.05, 4.69) is 0 Å². The van der Waals surface area contributed by atoms with Gasteiger partial charge in [-0.2, -0.15) is 0 Å². The van der Waals surface area contributed by atoms with E-state index in [1.165, 1.54) is 37.9 Å². The first-order chi connectivity index (χ1) is 43.5. The van der Waals surface area contributed by atoms with Crippen molar-refractivity contribution in [1.29, 1.82) is 0 Å². The number of ketones is 2. The zero-order valence-electron chi connectivity index (χ0n) is 59.1. The van der Waals surface area contributed by atoms with Crippen LogP contribution in [-0.2, 0) is 23.9 Å². The van der Waals surface area contributed by atoms with Crippen molar-refractivity contribution >= 4 is 17.5 Å². The van der Waals surface area contributed by atoms with Crippen LogP contribution in [0, 0.1) is 53.3 Å². The number of aliphatic hydroxyl groups excluding tert-OH is 16. The van der Waals surface area contributed by atoms with Gasteiger partial charge in [0, 0.05) is 37.1 Å². The van der Waals surface area contributed by atoms with E-state index >= 15 is 0 Å². The highest BCUT2D eigenvalue weighted by molar-refractivity contribution is 6.32. The first kappa shape index (κ1) is 86.7. The fourth-order valence-electron chi connectivity index (χ4n) is 12.6. The predicted molar refractivity (Wildman–Crippen MR) is 358 cm³/mol. The summed E-state index contributed by atoms with van der Waals surface area (Å²) in [7, 11) is 1.46. The minimum Gasteiger partial charge on any atom is -0.507 e. The molecule has 94 heavy (non-hydrogen) atoms. The Bertz CT molecular complexity index is 2450. The lowest BCUT2D eigenvalue weighted by atomic mass is 9.82. The highest BCUT2D eigenvalue weighted by Gasteiger charge is 2.44. The summed E-state index contributed by atoms with van der Waals surface area (Å²) >= 11 is 0. The Labute approximate surface area is 559 Å². The van der Waals surface area contributed by atoms with Crippen LogP contribution in [0.15, 0.2) is 58.1 Å². The van der Waals surface area contributed by atoms with E-state index in [0.29, 0.717) is 37.7 Å². The predicted octanol–water partition coefficient (Wildman–Crippen LogP) is 4.23. The molecule has 18 N–H and O–H groups in total. The summed E-state index contributed by atoms with van der Waals surface area (Å²) in [6.45, 7) is 25.8. The Morgan fingerprint density at radius 3 is 1.62 bits per heavy atom. The average molecular weight is 1340 g/mol. The lowest BCUT2D eigenvalue weighted by Gasteiger charge is -2.42. The summed E-state index contributed by atoms with van der Waals surface area (Å²) < 4.78 is 12.0. The summed E-state index contributed by atoms with van der Waals surface area (Å²) in [6, 6.07) is -1.12. The summed E-state index contributed by atoms with van der Waals surface area (Å²) in [5.41, 5.74) is 6.65. The smallest absolute Gasteiger partial charge is 0.265 e. The molecule has 2 saturated heterocycles. The molecule has 2 heterocycles. The molecule has 0 bridgehead atoms. The standard InChI is InChI=1S/C71H126N2O21/c1-35(2)28-53-68(90)59(70(92)73(53)16)66(88)40(8)23-27-51(77)32-49(75)25-21-38(6)63(85)44(12)54(79)18-17-19-55(80)45(13)65(87)42(10)29-41(9)62(84)43(11)30-56(81)57(82)33-52(78)34-58(94-71-69(91)60(72)67(89)47(15)93-71)37(5)20-24-48(74)31-50(76)26-22-39(7)64(86)46(14)61(83)36(3)4/h23,28-30,35-39,41,44-52,54-58,60-61,63-65,67,69,71,74-83,85-89,91H,17-22,24-27,31-34,72H2,1-16H3/b40-23+,42-29+,43-30+,53-28-,66-59?/t37?,38?,39?,41?,44?,45?,46?,47-,48?,49?,50?,51?,52?,54?,55?,56?,57?,58?,60+,61?,63?,64?,65?,67-,69+,71+/m1/s1. The third kappa shape index (κ3) is 27.0. The number of Topliss-reactive ketones (excluding diaryl/α,β-unsaturated/α-hetero) is 2. The van der Waals surface area contributed by atoms with Gasteiger partial charge in [0.25, 0.3) is 5.91 Å². The lowest BCUT2D eigenvalue weighted by molar-refractivity contribution is -0.287. The monoisotopic (exact) mass is 1340 g/mol. The molecule has 0 aromatic heterocycles. The van der Waals surface area contributed by atoms with Crippen LogP contribution in [0.3, 0.4) is 0 Å². The zero-order valence-corrected chi connectivity index (χ0v) is 59.1. The van der Waals surface area contributed by atoms with Crippen molar-refractivity contribution in [2.24, 2.45) is 59.0 Å². The van der Waals surface area contributed by atoms with E-state index in [4.69, 9.17) is 15.2 Å². The maximum absolute atomic E-state index is 13.6. The Morgan fingerprint density at radius 2 is 1.10 bits per heavy atom. The van der Waals surface area contributed by atoms with Crippen molar-refractivity contribution < 1.29 is 106 Å². The molecule has 0 aliphatic carbocycles. The number of nitrogens with zero attached hydrogens (tertiary/aromatic N) is 1. The van der Waals surface area contributed by atoms with E-state index in [-0.39, 0.29) is 110 Å². The second kappa shape index (κ2) is 41.2. The van der Waals surface area contributed by atoms with Crippen LogP contribution < -0.4 is 5.73 Å². The number of rotatable bonds is 43. The van der Waals surface area contributed by atoms with Crippen LogP contribution in [0.2, 0.25) is 0 Å². The molecule has 0 aromatic rings. The highest BCUT2D eigenvalue weighted by Crippen LogP contribution is 2.33. The molecular formula is C71H126N2O21. The second-order valence-electron chi connectivity index (χ2n) is 28.9. The van der Waals surface area contributed by atoms with Crippen LogP contribution in [0.5, 0.6) is 0 Å². The number of likely N-dealkylation sites (N-methyl/N-ethyl adjacent to an activating group) is 1. The van der Waals surface area contributed by atoms with Crippen molar-refractivity contribution in [2.45, 2.75) is 310 Å². The van der Waals surface area contributed by atoms with Crippen molar-refractivity contribution in [3.05, 3.63) is 58.1 Å². The normalized spacial score (nSPS) is 26.7. The van der Waals surface area contributed by atoms with E-state index in [1.54, 1.807) is 67.5 Å². The van der Waals surface area contributed by atoms with E-state index < -0.39 is 163 Å². The molecule has 0 saturated carbocycles. The number of amides is 1. The maximum atomic E-state index is 13.6. The molecule has 0 spiro atoms. The quantitative estimate of drug-likeness (QED) is 0.0176. The van der Waals surface area contributed by atoms with Crippen LogP contribution in [-0.4, -0.2) is 227 Å². The van der Waals surface area contributed by atoms with Crippen LogP contribution in [0.4, 0.5) is 0 Å². The summed E-state index contributed by atoms with van der Waals surface area (Å²) in [5, 5.41) is 175. The van der Waals surface area contributed by atoms with Gasteiger partial charge in [0.2, 0.25) is 5.78 Å². The Hall–Kier alpha value is -3.41. The molecule has 0 aromatic carbocycles. The summed E-state index contributed by atoms with van der Waals surface area (Å²) in [5.74, 6) is -5.57. The van der Waals surface area contributed by atoms with Gasteiger partial charge in [-0.25, -0.2) is 0 Å². The van der Waals surface area contributed by atoms with Gasteiger partial charge in [0.1, 0.15) is 17.4 Å². The number of hydrogen-bond acceptors (Lipinski definition) is 22. The maximum Gasteiger partial charge on any atom is 0.265 e. The Kier molecular flexibility index (Phi) is 38.0. The Morgan fingerprint density at radius 1 is 0.596 bits per heavy atom. The first-order valence-corrected chi connectivity index (χ1v) is 34.4. The second-order valence-corrected chi connectivity index (χ2v) is 28.9. The fraction of sp³-hybridized carbons (Fsp3) is 0.817. The van der Waals surface area contributed by atoms with Crippen molar-refractivity contribution in [3.8, 4) is 0 Å². The van der Waals surface area contributed by atoms with Crippen LogP contribution in [0.1, 0.15) is 194 Å². The number of aliphatic hydroxyl groups is 16. The lowest BCUT2D eigenvalue weighted by Crippen LogP contribution is -2.61. The van der Waals surface area contributed by atoms with Gasteiger partial charge < -0.3 is 102 Å². The fourth-order valence-corrected chi connectivity index (χ4v) is 12.6. The van der Waals surface area contributed by atoms with E-state index in [9.17, 15) is 96.1 Å². The third-order valence-corrected chi connectivity index (χ3v) is 19.7. The molecule has 2 aliphatic heterocycles. The number of carbonyl (C=O) groups is 3. The first-order valence-electron chi connectivity index (χ1n) is 34.4. The largest absolute Gasteiger partial charge is 0.507 e. The molecule has 21 unspecified atom stereocenters. The molecular weight excluding hydrogens is 1220 g/mol. The summed E-state index contributed by atoms with van der Waals surface area (Å²) in [6.07, 6.45) is -11.3. The molecule has 0 radical (unpaired) electrons. The minimum absolute atomic E-state index is 0.00698. The van der Waals surface area contributed by atoms with Gasteiger partial charge in [-0.1, -0.05) is 94.4 Å². The third-order valence-electron chi connectivity index (χ3n) is 19.7. The molecule has 546 valence electrons. The van der Waals surface area contributed by atoms with E-state index in [1.807, 2.05) is 34.6 Å². The van der Waals surface area contributed by atoms with Gasteiger partial charge in [0.15, 0.2) is 12.1 Å². The average Bonchev–Trinajstić information content (AvgIpc) is 1.61. The number of carbonyl (C=O) groups excluding carboxylic acids is 3. The SMILES string of the molecule is C/C(=C\C(O)C(O)CC(O)CC(O[C@@H]1O[C@H](C)[C@@H](O)[C@H](N)[C@@H]1O)C(C)CCC(O)CC(O)CCC(C)C(O)C(C)C(O)C(C)C)C(=O)C(C)/C=C(\C)C(O)C(C)C(O)CCCC(O)C(C)C(O)C(C)CCC(O)CC(O)C/C=C(\C)C(O)=C1C(=O)/C(=C/C(C)C)N(C)C1=O. The Balaban J connectivity index is 1.95. The number of nitrogens with two attached hydrogens (primary N) is 1.